The van der Waals surface area contributed by atoms with Gasteiger partial charge in [0.15, 0.2) is 5.13 Å². The Morgan fingerprint density at radius 1 is 1.25 bits per heavy atom. The predicted octanol–water partition coefficient (Wildman–Crippen LogP) is 3.52. The Kier molecular flexibility index (Phi) is 4.74. The van der Waals surface area contributed by atoms with E-state index in [9.17, 15) is 4.79 Å². The van der Waals surface area contributed by atoms with Crippen molar-refractivity contribution in [2.24, 2.45) is 5.92 Å². The van der Waals surface area contributed by atoms with Crippen molar-refractivity contribution >= 4 is 33.1 Å². The number of nitrogens with zero attached hydrogens (tertiary/aromatic N) is 2. The molecule has 2 aliphatic rings. The highest BCUT2D eigenvalue weighted by molar-refractivity contribution is 7.15. The van der Waals surface area contributed by atoms with Gasteiger partial charge in [0.25, 0.3) is 5.91 Å². The van der Waals surface area contributed by atoms with Crippen molar-refractivity contribution in [2.75, 3.05) is 31.5 Å². The molecule has 28 heavy (non-hydrogen) atoms. The fraction of sp³-hybridized carbons (Fsp3) is 0.364. The van der Waals surface area contributed by atoms with Gasteiger partial charge in [-0.3, -0.25) is 4.79 Å². The van der Waals surface area contributed by atoms with Crippen LogP contribution >= 0.6 is 11.3 Å². The Hall–Kier alpha value is -2.44. The minimum atomic E-state index is 0.108. The predicted molar refractivity (Wildman–Crippen MR) is 114 cm³/mol. The van der Waals surface area contributed by atoms with Crippen LogP contribution in [0, 0.1) is 5.92 Å². The maximum absolute atomic E-state index is 13.0. The molecule has 1 aromatic heterocycles. The van der Waals surface area contributed by atoms with Gasteiger partial charge in [0.1, 0.15) is 0 Å². The highest BCUT2D eigenvalue weighted by atomic mass is 32.1. The number of amides is 1. The van der Waals surface area contributed by atoms with Crippen LogP contribution < -0.4 is 10.6 Å². The number of hydrogen-bond acceptors (Lipinski definition) is 5. The van der Waals surface area contributed by atoms with Crippen molar-refractivity contribution in [2.45, 2.75) is 19.4 Å². The lowest BCUT2D eigenvalue weighted by molar-refractivity contribution is 0.0736. The molecular weight excluding hydrogens is 368 g/mol. The first-order valence-electron chi connectivity index (χ1n) is 9.97. The largest absolute Gasteiger partial charge is 0.361 e. The molecule has 0 spiro atoms. The number of benzene rings is 2. The monoisotopic (exact) mass is 392 g/mol. The first kappa shape index (κ1) is 17.6. The van der Waals surface area contributed by atoms with Gasteiger partial charge in [-0.15, -0.1) is 0 Å². The zero-order valence-corrected chi connectivity index (χ0v) is 16.6. The SMILES string of the molecule is O=C(c1ccc2ccccc2c1)N1CCc2nc(NCC3CCNC3)sc2C1. The number of aromatic nitrogens is 1. The number of anilines is 1. The highest BCUT2D eigenvalue weighted by Gasteiger charge is 2.25. The lowest BCUT2D eigenvalue weighted by Gasteiger charge is -2.26. The van der Waals surface area contributed by atoms with Crippen molar-refractivity contribution in [1.29, 1.82) is 0 Å². The summed E-state index contributed by atoms with van der Waals surface area (Å²) in [6.45, 7) is 4.57. The van der Waals surface area contributed by atoms with Gasteiger partial charge in [-0.25, -0.2) is 4.98 Å². The minimum absolute atomic E-state index is 0.108. The molecule has 144 valence electrons. The third-order valence-electron chi connectivity index (χ3n) is 5.72. The van der Waals surface area contributed by atoms with E-state index in [1.165, 1.54) is 11.3 Å². The lowest BCUT2D eigenvalue weighted by Crippen LogP contribution is -2.35. The Morgan fingerprint density at radius 2 is 2.14 bits per heavy atom. The first-order valence-corrected chi connectivity index (χ1v) is 10.8. The summed E-state index contributed by atoms with van der Waals surface area (Å²) in [5.41, 5.74) is 1.92. The van der Waals surface area contributed by atoms with E-state index >= 15 is 0 Å². The van der Waals surface area contributed by atoms with Crippen molar-refractivity contribution in [3.05, 3.63) is 58.6 Å². The Balaban J connectivity index is 1.28. The van der Waals surface area contributed by atoms with Gasteiger partial charge in [0, 0.05) is 30.0 Å². The van der Waals surface area contributed by atoms with E-state index < -0.39 is 0 Å². The van der Waals surface area contributed by atoms with Crippen molar-refractivity contribution in [1.82, 2.24) is 15.2 Å². The molecule has 3 aromatic rings. The Morgan fingerprint density at radius 3 is 3.00 bits per heavy atom. The van der Waals surface area contributed by atoms with E-state index in [0.717, 1.165) is 59.8 Å². The Labute approximate surface area is 168 Å². The molecule has 0 bridgehead atoms. The van der Waals surface area contributed by atoms with E-state index in [1.54, 1.807) is 11.3 Å². The van der Waals surface area contributed by atoms with Crippen LogP contribution in [0.15, 0.2) is 42.5 Å². The summed E-state index contributed by atoms with van der Waals surface area (Å²) in [4.78, 5) is 21.0. The van der Waals surface area contributed by atoms with Crippen LogP contribution in [0.25, 0.3) is 10.8 Å². The lowest BCUT2D eigenvalue weighted by atomic mass is 10.1. The quantitative estimate of drug-likeness (QED) is 0.713. The number of rotatable bonds is 4. The summed E-state index contributed by atoms with van der Waals surface area (Å²) in [5, 5.41) is 10.2. The van der Waals surface area contributed by atoms with Crippen LogP contribution in [0.4, 0.5) is 5.13 Å². The van der Waals surface area contributed by atoms with Crippen LogP contribution in [0.1, 0.15) is 27.3 Å². The fourth-order valence-corrected chi connectivity index (χ4v) is 5.10. The van der Waals surface area contributed by atoms with E-state index in [2.05, 4.69) is 22.8 Å². The summed E-state index contributed by atoms with van der Waals surface area (Å²) in [6, 6.07) is 14.1. The van der Waals surface area contributed by atoms with Gasteiger partial charge in [0.2, 0.25) is 0 Å². The molecule has 1 atom stereocenters. The topological polar surface area (TPSA) is 57.3 Å². The third kappa shape index (κ3) is 3.50. The second-order valence-corrected chi connectivity index (χ2v) is 8.75. The van der Waals surface area contributed by atoms with Crippen LogP contribution in [-0.4, -0.2) is 42.0 Å². The van der Waals surface area contributed by atoms with E-state index in [0.29, 0.717) is 12.5 Å². The molecule has 6 heteroatoms. The zero-order valence-electron chi connectivity index (χ0n) is 15.8. The standard InChI is InChI=1S/C22H24N4OS/c27-21(18-6-5-16-3-1-2-4-17(16)11-18)26-10-8-19-20(14-26)28-22(25-19)24-13-15-7-9-23-12-15/h1-6,11,15,23H,7-10,12-14H2,(H,24,25). The first-order chi connectivity index (χ1) is 13.8. The Bertz CT molecular complexity index is 1010. The molecule has 2 aromatic carbocycles. The van der Waals surface area contributed by atoms with Crippen molar-refractivity contribution < 1.29 is 4.79 Å². The number of carbonyl (C=O) groups is 1. The van der Waals surface area contributed by atoms with Crippen molar-refractivity contribution in [3.63, 3.8) is 0 Å². The van der Waals surface area contributed by atoms with Crippen LogP contribution in [0.3, 0.4) is 0 Å². The van der Waals surface area contributed by atoms with Gasteiger partial charge in [-0.2, -0.15) is 0 Å². The molecule has 0 radical (unpaired) electrons. The number of thiazole rings is 1. The summed E-state index contributed by atoms with van der Waals surface area (Å²) < 4.78 is 0. The molecule has 0 saturated carbocycles. The molecule has 1 unspecified atom stereocenters. The molecule has 2 N–H and O–H groups in total. The van der Waals surface area contributed by atoms with Crippen LogP contribution in [-0.2, 0) is 13.0 Å². The third-order valence-corrected chi connectivity index (χ3v) is 6.76. The van der Waals surface area contributed by atoms with Crippen molar-refractivity contribution in [3.8, 4) is 0 Å². The van der Waals surface area contributed by atoms with E-state index in [-0.39, 0.29) is 5.91 Å². The molecular formula is C22H24N4OS. The molecule has 0 aliphatic carbocycles. The molecule has 3 heterocycles. The van der Waals surface area contributed by atoms with Gasteiger partial charge in [-0.05, 0) is 48.3 Å². The summed E-state index contributed by atoms with van der Waals surface area (Å²) >= 11 is 1.70. The zero-order chi connectivity index (χ0) is 18.9. The van der Waals surface area contributed by atoms with Gasteiger partial charge < -0.3 is 15.5 Å². The maximum atomic E-state index is 13.0. The maximum Gasteiger partial charge on any atom is 0.254 e. The van der Waals surface area contributed by atoms with Gasteiger partial charge >= 0.3 is 0 Å². The molecule has 1 saturated heterocycles. The normalized spacial score (nSPS) is 19.0. The minimum Gasteiger partial charge on any atom is -0.361 e. The molecule has 2 aliphatic heterocycles. The van der Waals surface area contributed by atoms with Gasteiger partial charge in [0.05, 0.1) is 12.2 Å². The second kappa shape index (κ2) is 7.53. The van der Waals surface area contributed by atoms with Gasteiger partial charge in [-0.1, -0.05) is 41.7 Å². The van der Waals surface area contributed by atoms with E-state index in [1.807, 2.05) is 35.2 Å². The fourth-order valence-electron chi connectivity index (χ4n) is 4.07. The van der Waals surface area contributed by atoms with E-state index in [4.69, 9.17) is 4.98 Å². The molecule has 5 rings (SSSR count). The molecule has 5 nitrogen and oxygen atoms in total. The summed E-state index contributed by atoms with van der Waals surface area (Å²) in [6.07, 6.45) is 2.06. The average Bonchev–Trinajstić information content (AvgIpc) is 3.40. The number of nitrogens with one attached hydrogen (secondary N) is 2. The number of carbonyl (C=O) groups excluding carboxylic acids is 1. The van der Waals surface area contributed by atoms with Crippen LogP contribution in [0.5, 0.6) is 0 Å². The molecule has 1 fully saturated rings. The smallest absolute Gasteiger partial charge is 0.254 e. The highest BCUT2D eigenvalue weighted by Crippen LogP contribution is 2.29. The molecule has 1 amide bonds. The average molecular weight is 393 g/mol. The summed E-state index contributed by atoms with van der Waals surface area (Å²) in [7, 11) is 0. The van der Waals surface area contributed by atoms with Crippen LogP contribution in [0.2, 0.25) is 0 Å². The second-order valence-electron chi connectivity index (χ2n) is 7.67. The number of hydrogen-bond donors (Lipinski definition) is 2. The summed E-state index contributed by atoms with van der Waals surface area (Å²) in [5.74, 6) is 0.795. The number of fused-ring (bicyclic) bond motifs is 2.